The number of ether oxygens (including phenoxy) is 3. The quantitative estimate of drug-likeness (QED) is 0.0570. The summed E-state index contributed by atoms with van der Waals surface area (Å²) in [5, 5.41) is 17.8. The molecular weight excluding hydrogens is 1040 g/mol. The molecule has 0 aromatic heterocycles. The molecule has 1 saturated carbocycles. The summed E-state index contributed by atoms with van der Waals surface area (Å²) in [6.45, 7) is 14.4. The van der Waals surface area contributed by atoms with Crippen LogP contribution in [0.2, 0.25) is 5.02 Å². The molecule has 6 rings (SSSR count). The molecule has 21 nitrogen and oxygen atoms in total. The van der Waals surface area contributed by atoms with Crippen LogP contribution in [0.25, 0.3) is 0 Å². The summed E-state index contributed by atoms with van der Waals surface area (Å²) in [6.07, 6.45) is 2.99. The van der Waals surface area contributed by atoms with E-state index < -0.39 is 113 Å². The number of nitrogens with zero attached hydrogens (tertiary/aromatic N) is 1. The fourth-order valence-corrected chi connectivity index (χ4v) is 9.95. The van der Waals surface area contributed by atoms with Crippen molar-refractivity contribution in [2.45, 2.75) is 175 Å². The van der Waals surface area contributed by atoms with Crippen LogP contribution in [-0.2, 0) is 75.2 Å². The Morgan fingerprint density at radius 1 is 0.835 bits per heavy atom. The highest BCUT2D eigenvalue weighted by atomic mass is 35.5. The number of carbonyl (C=O) groups excluding carboxylic acids is 10. The SMILES string of the molecule is COc1ccc(C[C@H]2NC(=O)C=CC[C@@H]([C@H](C)[C@H]3O[C@@H]3c3ccc(CNC(=O)[C@H](C)NC(=O)[C@@H](NC(=O)CCCC(=O)ON4C(=O)CCC4=O)C(C)C)cc3)OC(=O)[C@H](CC(C)C)NC(=O)C(C)(C)C(C3CC3)NC2=O)cc1Cl. The second kappa shape index (κ2) is 27.3. The normalized spacial score (nSPS) is 23.9. The third-order valence-corrected chi connectivity index (χ3v) is 14.9. The number of rotatable bonds is 21. The molecule has 22 heteroatoms. The summed E-state index contributed by atoms with van der Waals surface area (Å²) in [4.78, 5) is 136. The van der Waals surface area contributed by atoms with Crippen molar-refractivity contribution < 1.29 is 67.0 Å². The zero-order chi connectivity index (χ0) is 57.9. The van der Waals surface area contributed by atoms with E-state index in [1.165, 1.54) is 20.1 Å². The Morgan fingerprint density at radius 3 is 2.13 bits per heavy atom. The first kappa shape index (κ1) is 61.3. The van der Waals surface area contributed by atoms with Gasteiger partial charge in [-0.1, -0.05) is 82.6 Å². The number of hydrogen-bond acceptors (Lipinski definition) is 14. The minimum atomic E-state index is -1.17. The fourth-order valence-electron chi connectivity index (χ4n) is 9.67. The summed E-state index contributed by atoms with van der Waals surface area (Å²) >= 11 is 6.45. The van der Waals surface area contributed by atoms with E-state index in [0.717, 1.165) is 24.0 Å². The molecule has 9 atom stereocenters. The topological polar surface area (TPSA) is 286 Å². The molecule has 79 heavy (non-hydrogen) atoms. The van der Waals surface area contributed by atoms with Crippen LogP contribution >= 0.6 is 11.6 Å². The zero-order valence-electron chi connectivity index (χ0n) is 46.4. The molecule has 3 fully saturated rings. The molecule has 1 aliphatic carbocycles. The van der Waals surface area contributed by atoms with E-state index in [-0.39, 0.29) is 81.8 Å². The highest BCUT2D eigenvalue weighted by molar-refractivity contribution is 6.32. The van der Waals surface area contributed by atoms with E-state index in [1.807, 2.05) is 45.0 Å². The predicted molar refractivity (Wildman–Crippen MR) is 288 cm³/mol. The monoisotopic (exact) mass is 1120 g/mol. The van der Waals surface area contributed by atoms with Crippen LogP contribution in [0, 0.1) is 29.1 Å². The highest BCUT2D eigenvalue weighted by Crippen LogP contribution is 2.45. The number of esters is 1. The van der Waals surface area contributed by atoms with Crippen LogP contribution in [0.1, 0.15) is 136 Å². The maximum atomic E-state index is 14.3. The summed E-state index contributed by atoms with van der Waals surface area (Å²) in [5.41, 5.74) is 1.09. The van der Waals surface area contributed by atoms with Crippen LogP contribution < -0.4 is 36.6 Å². The molecule has 2 aromatic rings. The van der Waals surface area contributed by atoms with Crippen molar-refractivity contribution >= 4 is 70.8 Å². The number of halogens is 1. The van der Waals surface area contributed by atoms with E-state index in [4.69, 9.17) is 30.6 Å². The van der Waals surface area contributed by atoms with Gasteiger partial charge in [0.15, 0.2) is 0 Å². The second-order valence-electron chi connectivity index (χ2n) is 22.3. The number of imide groups is 1. The van der Waals surface area contributed by atoms with Gasteiger partial charge in [0.25, 0.3) is 11.8 Å². The Balaban J connectivity index is 1.06. The van der Waals surface area contributed by atoms with Gasteiger partial charge in [-0.05, 0) is 99.1 Å². The van der Waals surface area contributed by atoms with Crippen molar-refractivity contribution in [1.29, 1.82) is 0 Å². The Morgan fingerprint density at radius 2 is 1.51 bits per heavy atom. The van der Waals surface area contributed by atoms with Gasteiger partial charge in [-0.25, -0.2) is 9.59 Å². The first-order valence-electron chi connectivity index (χ1n) is 27.2. The summed E-state index contributed by atoms with van der Waals surface area (Å²) < 4.78 is 17.8. The number of hydroxylamine groups is 2. The molecule has 0 spiro atoms. The lowest BCUT2D eigenvalue weighted by Crippen LogP contribution is -2.59. The second-order valence-corrected chi connectivity index (χ2v) is 22.7. The summed E-state index contributed by atoms with van der Waals surface area (Å²) in [7, 11) is 1.50. The Labute approximate surface area is 466 Å². The van der Waals surface area contributed by atoms with Crippen molar-refractivity contribution in [1.82, 2.24) is 37.0 Å². The molecule has 430 valence electrons. The van der Waals surface area contributed by atoms with Crippen molar-refractivity contribution in [3.8, 4) is 5.75 Å². The van der Waals surface area contributed by atoms with Gasteiger partial charge in [-0.15, -0.1) is 5.06 Å². The van der Waals surface area contributed by atoms with Gasteiger partial charge in [-0.2, -0.15) is 0 Å². The van der Waals surface area contributed by atoms with Crippen molar-refractivity contribution in [2.24, 2.45) is 29.1 Å². The maximum absolute atomic E-state index is 14.3. The third-order valence-electron chi connectivity index (χ3n) is 14.7. The number of methoxy groups -OCH3 is 1. The first-order valence-corrected chi connectivity index (χ1v) is 27.5. The maximum Gasteiger partial charge on any atom is 0.333 e. The molecule has 3 heterocycles. The molecule has 3 aliphatic heterocycles. The van der Waals surface area contributed by atoms with Gasteiger partial charge >= 0.3 is 11.9 Å². The number of hydrogen-bond donors (Lipinski definition) is 6. The number of epoxide rings is 1. The van der Waals surface area contributed by atoms with E-state index in [2.05, 4.69) is 31.9 Å². The Kier molecular flexibility index (Phi) is 21.2. The largest absolute Gasteiger partial charge is 0.495 e. The number of carbonyl (C=O) groups is 10. The lowest BCUT2D eigenvalue weighted by Gasteiger charge is -2.36. The van der Waals surface area contributed by atoms with Gasteiger partial charge in [0, 0.05) is 57.0 Å². The van der Waals surface area contributed by atoms with Crippen molar-refractivity contribution in [2.75, 3.05) is 7.11 Å². The van der Waals surface area contributed by atoms with E-state index in [9.17, 15) is 47.9 Å². The molecule has 0 bridgehead atoms. The minimum Gasteiger partial charge on any atom is -0.495 e. The van der Waals surface area contributed by atoms with Crippen molar-refractivity contribution in [3.05, 3.63) is 76.3 Å². The van der Waals surface area contributed by atoms with Crippen LogP contribution in [0.5, 0.6) is 5.75 Å². The smallest absolute Gasteiger partial charge is 0.333 e. The number of benzene rings is 2. The van der Waals surface area contributed by atoms with Crippen LogP contribution in [0.15, 0.2) is 54.6 Å². The molecule has 6 N–H and O–H groups in total. The highest BCUT2D eigenvalue weighted by Gasteiger charge is 2.50. The van der Waals surface area contributed by atoms with Gasteiger partial charge in [0.2, 0.25) is 35.4 Å². The Bertz CT molecular complexity index is 2620. The minimum absolute atomic E-state index is 0.00294. The van der Waals surface area contributed by atoms with Crippen LogP contribution in [0.3, 0.4) is 0 Å². The first-order chi connectivity index (χ1) is 37.4. The molecular formula is C57H76ClN7O14. The average Bonchev–Trinajstić information content (AvgIpc) is 4.36. The predicted octanol–water partition coefficient (Wildman–Crippen LogP) is 4.51. The number of cyclic esters (lactones) is 1. The average molecular weight is 1120 g/mol. The molecule has 0 radical (unpaired) electrons. The summed E-state index contributed by atoms with van der Waals surface area (Å²) in [5.74, 6) is -6.00. The van der Waals surface area contributed by atoms with Gasteiger partial charge in [0.05, 0.1) is 23.7 Å². The van der Waals surface area contributed by atoms with Gasteiger partial charge in [-0.3, -0.25) is 38.4 Å². The molecule has 2 aromatic carbocycles. The van der Waals surface area contributed by atoms with E-state index >= 15 is 0 Å². The molecule has 4 aliphatic rings. The van der Waals surface area contributed by atoms with Gasteiger partial charge in [0.1, 0.15) is 42.1 Å². The fraction of sp³-hybridized carbons (Fsp3) is 0.579. The summed E-state index contributed by atoms with van der Waals surface area (Å²) in [6, 6.07) is 7.90. The van der Waals surface area contributed by atoms with E-state index in [0.29, 0.717) is 21.4 Å². The van der Waals surface area contributed by atoms with E-state index in [1.54, 1.807) is 52.0 Å². The number of nitrogens with one attached hydrogen (secondary N) is 6. The lowest BCUT2D eigenvalue weighted by atomic mass is 9.80. The Hall–Kier alpha value is -6.87. The lowest BCUT2D eigenvalue weighted by molar-refractivity contribution is -0.197. The standard InChI is InChI=1S/C57H76ClN7O14/c1-30(2)26-40-55(74)77-41(12-10-13-43(66)61-39(28-35-18-23-42(76-9)38(58)27-35)53(72)64-51(37-21-22-37)57(7,8)56(75)62-40)32(5)49-50(78-49)36-19-16-34(17-20-36)29-59-52(71)33(6)60-54(73)48(31(3)4)63-44(67)14-11-15-47(70)79-65-45(68)24-25-46(65)69/h10,13,16-20,23,27,30-33,37,39-41,48-51H,11-12,14-15,21-22,24-26,28-29H2,1-9H3,(H,59,71)(H,60,73)(H,61,66)(H,62,75)(H,63,67)(H,64,72)/t32-,33-,39+,40-,41-,48-,49+,50+,51?/m0/s1. The molecule has 2 saturated heterocycles. The molecule has 1 unspecified atom stereocenters. The van der Waals surface area contributed by atoms with Crippen LogP contribution in [0.4, 0.5) is 0 Å². The number of amides is 8. The van der Waals surface area contributed by atoms with Crippen molar-refractivity contribution in [3.63, 3.8) is 0 Å². The van der Waals surface area contributed by atoms with Crippen LogP contribution in [-0.4, -0.2) is 114 Å². The third kappa shape index (κ3) is 17.1. The van der Waals surface area contributed by atoms with Gasteiger partial charge < -0.3 is 50.9 Å². The zero-order valence-corrected chi connectivity index (χ0v) is 47.2. The molecule has 8 amide bonds.